The van der Waals surface area contributed by atoms with Crippen molar-refractivity contribution in [3.63, 3.8) is 0 Å². The highest BCUT2D eigenvalue weighted by atomic mass is 79.9. The summed E-state index contributed by atoms with van der Waals surface area (Å²) in [5.74, 6) is -0.701. The van der Waals surface area contributed by atoms with E-state index in [1.807, 2.05) is 0 Å². The maximum atomic E-state index is 14.0. The smallest absolute Gasteiger partial charge is 0.129 e. The molecule has 2 rings (SSSR count). The molecule has 1 atom stereocenters. The van der Waals surface area contributed by atoms with Crippen molar-refractivity contribution in [1.82, 2.24) is 5.32 Å². The van der Waals surface area contributed by atoms with Gasteiger partial charge in [-0.15, -0.1) is 0 Å². The molecule has 0 radical (unpaired) electrons. The van der Waals surface area contributed by atoms with Gasteiger partial charge in [0.15, 0.2) is 0 Å². The van der Waals surface area contributed by atoms with E-state index >= 15 is 0 Å². The Kier molecular flexibility index (Phi) is 4.55. The van der Waals surface area contributed by atoms with Gasteiger partial charge in [-0.05, 0) is 52.8 Å². The van der Waals surface area contributed by atoms with Crippen LogP contribution in [0.15, 0.2) is 40.9 Å². The fraction of sp³-hybridized carbons (Fsp3) is 0.143. The van der Waals surface area contributed by atoms with E-state index in [1.54, 1.807) is 25.2 Å². The molecule has 0 saturated heterocycles. The molecule has 0 saturated carbocycles. The number of hydrogen-bond donors (Lipinski definition) is 1. The number of halogens is 4. The van der Waals surface area contributed by atoms with Crippen molar-refractivity contribution in [3.05, 3.63) is 68.7 Å². The highest BCUT2D eigenvalue weighted by Crippen LogP contribution is 2.31. The summed E-state index contributed by atoms with van der Waals surface area (Å²) in [5.41, 5.74) is 1.18. The van der Waals surface area contributed by atoms with Crippen LogP contribution in [-0.2, 0) is 0 Å². The van der Waals surface area contributed by atoms with Gasteiger partial charge in [0, 0.05) is 10.0 Å². The molecule has 0 spiro atoms. The summed E-state index contributed by atoms with van der Waals surface area (Å²) in [5, 5.41) is 3.43. The number of hydrogen-bond acceptors (Lipinski definition) is 1. The van der Waals surface area contributed by atoms with Crippen molar-refractivity contribution in [1.29, 1.82) is 0 Å². The predicted octanol–water partition coefficient (Wildman–Crippen LogP) is 4.69. The van der Waals surface area contributed by atoms with Crippen molar-refractivity contribution in [2.45, 2.75) is 6.04 Å². The fourth-order valence-corrected chi connectivity index (χ4v) is 2.40. The van der Waals surface area contributed by atoms with E-state index in [0.717, 1.165) is 5.56 Å². The molecule has 1 unspecified atom stereocenters. The van der Waals surface area contributed by atoms with Gasteiger partial charge in [-0.25, -0.2) is 8.78 Å². The third-order valence-corrected chi connectivity index (χ3v) is 4.04. The lowest BCUT2D eigenvalue weighted by molar-refractivity contribution is 0.574. The van der Waals surface area contributed by atoms with Gasteiger partial charge in [-0.1, -0.05) is 23.7 Å². The van der Waals surface area contributed by atoms with E-state index in [4.69, 9.17) is 11.6 Å². The molecule has 0 aliphatic heterocycles. The van der Waals surface area contributed by atoms with Crippen LogP contribution in [0.2, 0.25) is 5.02 Å². The zero-order valence-electron chi connectivity index (χ0n) is 10.1. The standard InChI is InChI=1S/C14H11BrClF2N/c1-19-14(8-2-4-9(17)5-3-8)10-6-12(16)11(15)7-13(10)18/h2-7,14,19H,1H3. The molecule has 0 aromatic heterocycles. The summed E-state index contributed by atoms with van der Waals surface area (Å²) in [7, 11) is 1.71. The molecule has 1 N–H and O–H groups in total. The maximum absolute atomic E-state index is 14.0. The Morgan fingerprint density at radius 3 is 2.37 bits per heavy atom. The second-order valence-electron chi connectivity index (χ2n) is 4.06. The summed E-state index contributed by atoms with van der Waals surface area (Å²) < 4.78 is 27.5. The summed E-state index contributed by atoms with van der Waals surface area (Å²) >= 11 is 9.17. The first kappa shape index (κ1) is 14.4. The highest BCUT2D eigenvalue weighted by molar-refractivity contribution is 9.10. The molecule has 19 heavy (non-hydrogen) atoms. The van der Waals surface area contributed by atoms with Crippen LogP contribution in [0, 0.1) is 11.6 Å². The monoisotopic (exact) mass is 345 g/mol. The van der Waals surface area contributed by atoms with Crippen LogP contribution in [0.5, 0.6) is 0 Å². The summed E-state index contributed by atoms with van der Waals surface area (Å²) in [6.45, 7) is 0. The van der Waals surface area contributed by atoms with E-state index in [9.17, 15) is 8.78 Å². The molecule has 0 aliphatic carbocycles. The first-order chi connectivity index (χ1) is 9.02. The lowest BCUT2D eigenvalue weighted by Crippen LogP contribution is -2.19. The van der Waals surface area contributed by atoms with Crippen molar-refractivity contribution in [3.8, 4) is 0 Å². The Balaban J connectivity index is 2.47. The first-order valence-corrected chi connectivity index (χ1v) is 6.77. The average molecular weight is 347 g/mol. The largest absolute Gasteiger partial charge is 0.309 e. The lowest BCUT2D eigenvalue weighted by atomic mass is 9.98. The number of nitrogens with one attached hydrogen (secondary N) is 1. The van der Waals surface area contributed by atoms with Crippen LogP contribution in [0.1, 0.15) is 17.2 Å². The minimum atomic E-state index is -0.383. The van der Waals surface area contributed by atoms with Gasteiger partial charge in [0.2, 0.25) is 0 Å². The number of rotatable bonds is 3. The van der Waals surface area contributed by atoms with Crippen LogP contribution >= 0.6 is 27.5 Å². The van der Waals surface area contributed by atoms with Crippen LogP contribution in [0.3, 0.4) is 0 Å². The van der Waals surface area contributed by atoms with Gasteiger partial charge in [-0.3, -0.25) is 0 Å². The Labute approximate surface area is 123 Å². The van der Waals surface area contributed by atoms with Crippen molar-refractivity contribution in [2.75, 3.05) is 7.05 Å². The Morgan fingerprint density at radius 2 is 1.79 bits per heavy atom. The van der Waals surface area contributed by atoms with Gasteiger partial charge < -0.3 is 5.32 Å². The van der Waals surface area contributed by atoms with Gasteiger partial charge in [-0.2, -0.15) is 0 Å². The molecule has 1 nitrogen and oxygen atoms in total. The Bertz CT molecular complexity index is 587. The van der Waals surface area contributed by atoms with Crippen molar-refractivity contribution in [2.24, 2.45) is 0 Å². The topological polar surface area (TPSA) is 12.0 Å². The molecule has 0 fully saturated rings. The normalized spacial score (nSPS) is 12.5. The molecule has 5 heteroatoms. The van der Waals surface area contributed by atoms with Gasteiger partial charge >= 0.3 is 0 Å². The molecule has 2 aromatic rings. The Morgan fingerprint density at radius 1 is 1.16 bits per heavy atom. The average Bonchev–Trinajstić information content (AvgIpc) is 2.38. The molecule has 0 amide bonds. The molecule has 0 heterocycles. The third kappa shape index (κ3) is 3.14. The van der Waals surface area contributed by atoms with E-state index in [0.29, 0.717) is 15.1 Å². The molecule has 0 bridgehead atoms. The van der Waals surface area contributed by atoms with Crippen LogP contribution in [0.4, 0.5) is 8.78 Å². The summed E-state index contributed by atoms with van der Waals surface area (Å²) in [6, 6.07) is 8.43. The summed E-state index contributed by atoms with van der Waals surface area (Å²) in [6.07, 6.45) is 0. The molecular weight excluding hydrogens is 336 g/mol. The number of benzene rings is 2. The van der Waals surface area contributed by atoms with Gasteiger partial charge in [0.05, 0.1) is 11.1 Å². The van der Waals surface area contributed by atoms with E-state index < -0.39 is 0 Å². The fourth-order valence-electron chi connectivity index (χ4n) is 1.92. The molecular formula is C14H11BrClF2N. The van der Waals surface area contributed by atoms with Crippen molar-refractivity contribution < 1.29 is 8.78 Å². The SMILES string of the molecule is CNC(c1ccc(F)cc1)c1cc(Cl)c(Br)cc1F. The minimum absolute atomic E-state index is 0.326. The van der Waals surface area contributed by atoms with E-state index in [2.05, 4.69) is 21.2 Å². The predicted molar refractivity (Wildman–Crippen MR) is 76.4 cm³/mol. The summed E-state index contributed by atoms with van der Waals surface area (Å²) in [4.78, 5) is 0. The first-order valence-electron chi connectivity index (χ1n) is 5.60. The highest BCUT2D eigenvalue weighted by Gasteiger charge is 2.18. The third-order valence-electron chi connectivity index (χ3n) is 2.84. The van der Waals surface area contributed by atoms with E-state index in [-0.39, 0.29) is 17.7 Å². The zero-order chi connectivity index (χ0) is 14.0. The van der Waals surface area contributed by atoms with Crippen LogP contribution < -0.4 is 5.32 Å². The second-order valence-corrected chi connectivity index (χ2v) is 5.32. The van der Waals surface area contributed by atoms with Gasteiger partial charge in [0.1, 0.15) is 11.6 Å². The molecule has 0 aliphatic rings. The molecule has 2 aromatic carbocycles. The quantitative estimate of drug-likeness (QED) is 0.795. The van der Waals surface area contributed by atoms with Crippen molar-refractivity contribution >= 4 is 27.5 Å². The van der Waals surface area contributed by atoms with Crippen LogP contribution in [0.25, 0.3) is 0 Å². The Hall–Kier alpha value is -0.970. The van der Waals surface area contributed by atoms with E-state index in [1.165, 1.54) is 18.2 Å². The zero-order valence-corrected chi connectivity index (χ0v) is 12.4. The maximum Gasteiger partial charge on any atom is 0.129 e. The second kappa shape index (κ2) is 5.99. The molecule has 100 valence electrons. The van der Waals surface area contributed by atoms with Gasteiger partial charge in [0.25, 0.3) is 0 Å². The lowest BCUT2D eigenvalue weighted by Gasteiger charge is -2.18. The van der Waals surface area contributed by atoms with Crippen LogP contribution in [-0.4, -0.2) is 7.05 Å². The minimum Gasteiger partial charge on any atom is -0.309 e.